The van der Waals surface area contributed by atoms with Crippen molar-refractivity contribution in [3.63, 3.8) is 0 Å². The van der Waals surface area contributed by atoms with E-state index in [4.69, 9.17) is 5.26 Å². The molecule has 4 rings (SSSR count). The number of piperidine rings is 1. The van der Waals surface area contributed by atoms with Gasteiger partial charge in [0.1, 0.15) is 0 Å². The van der Waals surface area contributed by atoms with Crippen LogP contribution in [-0.4, -0.2) is 48.6 Å². The quantitative estimate of drug-likeness (QED) is 0.379. The molecule has 176 valence electrons. The minimum atomic E-state index is 0.522. The number of nitrogens with zero attached hydrogens (tertiary/aromatic N) is 5. The molecule has 6 nitrogen and oxygen atoms in total. The second kappa shape index (κ2) is 10.7. The summed E-state index contributed by atoms with van der Waals surface area (Å²) in [5.74, 6) is 1.26. The van der Waals surface area contributed by atoms with Crippen LogP contribution in [-0.2, 0) is 0 Å². The van der Waals surface area contributed by atoms with E-state index < -0.39 is 0 Å². The lowest BCUT2D eigenvalue weighted by molar-refractivity contribution is 0.295. The molecule has 6 heteroatoms. The third kappa shape index (κ3) is 5.21. The largest absolute Gasteiger partial charge is 0.371 e. The van der Waals surface area contributed by atoms with Crippen LogP contribution in [0.5, 0.6) is 0 Å². The summed E-state index contributed by atoms with van der Waals surface area (Å²) in [7, 11) is 0. The Labute approximate surface area is 203 Å². The van der Waals surface area contributed by atoms with Gasteiger partial charge in [-0.25, -0.2) is 5.01 Å². The zero-order valence-electron chi connectivity index (χ0n) is 20.3. The van der Waals surface area contributed by atoms with Crippen molar-refractivity contribution in [3.8, 4) is 6.07 Å². The van der Waals surface area contributed by atoms with Crippen LogP contribution in [0.1, 0.15) is 65.0 Å². The SMILES string of the molecule is C=N/N=C(\NN1CCCC1)c1cc(C(=C)N2CCC(c3ccc(C#N)cc3)CC2)c(C)cc1C. The molecule has 2 aliphatic rings. The molecule has 2 saturated heterocycles. The second-order valence-corrected chi connectivity index (χ2v) is 9.32. The van der Waals surface area contributed by atoms with E-state index in [0.717, 1.165) is 67.2 Å². The number of hydrazine groups is 1. The van der Waals surface area contributed by atoms with Gasteiger partial charge in [0.05, 0.1) is 11.6 Å². The van der Waals surface area contributed by atoms with Gasteiger partial charge in [-0.05, 0) is 80.3 Å². The average molecular weight is 455 g/mol. The standard InChI is InChI=1S/C28H34N6/c1-20-17-21(2)27(28(31-30-4)32-34-13-5-6-14-34)18-26(20)22(3)33-15-11-25(12-16-33)24-9-7-23(19-29)8-10-24/h7-10,17-18,25H,3-6,11-16H2,1-2H3,(H,31,32). The molecule has 34 heavy (non-hydrogen) atoms. The van der Waals surface area contributed by atoms with Crippen molar-refractivity contribution in [2.75, 3.05) is 26.2 Å². The Hall–Kier alpha value is -3.43. The van der Waals surface area contributed by atoms with Crippen LogP contribution in [0.15, 0.2) is 53.2 Å². The zero-order valence-corrected chi connectivity index (χ0v) is 20.3. The van der Waals surface area contributed by atoms with Crippen LogP contribution < -0.4 is 5.43 Å². The Balaban J connectivity index is 1.50. The number of hydrogen-bond acceptors (Lipinski definition) is 5. The van der Waals surface area contributed by atoms with E-state index in [9.17, 15) is 0 Å². The van der Waals surface area contributed by atoms with E-state index in [1.54, 1.807) is 0 Å². The highest BCUT2D eigenvalue weighted by molar-refractivity contribution is 6.00. The summed E-state index contributed by atoms with van der Waals surface area (Å²) in [6.07, 6.45) is 4.53. The van der Waals surface area contributed by atoms with E-state index >= 15 is 0 Å². The average Bonchev–Trinajstić information content (AvgIpc) is 3.37. The van der Waals surface area contributed by atoms with Crippen molar-refractivity contribution >= 4 is 18.3 Å². The molecule has 0 atom stereocenters. The molecular weight excluding hydrogens is 420 g/mol. The number of nitriles is 1. The van der Waals surface area contributed by atoms with Gasteiger partial charge in [-0.3, -0.25) is 0 Å². The summed E-state index contributed by atoms with van der Waals surface area (Å²) in [5, 5.41) is 19.4. The van der Waals surface area contributed by atoms with Gasteiger partial charge in [0.25, 0.3) is 0 Å². The van der Waals surface area contributed by atoms with Crippen LogP contribution in [0.3, 0.4) is 0 Å². The first-order chi connectivity index (χ1) is 16.5. The van der Waals surface area contributed by atoms with Gasteiger partial charge in [0.15, 0.2) is 5.84 Å². The zero-order chi connectivity index (χ0) is 24.1. The Morgan fingerprint density at radius 3 is 2.26 bits per heavy atom. The molecule has 0 spiro atoms. The predicted octanol–water partition coefficient (Wildman–Crippen LogP) is 4.99. The lowest BCUT2D eigenvalue weighted by Crippen LogP contribution is -2.40. The summed E-state index contributed by atoms with van der Waals surface area (Å²) >= 11 is 0. The maximum Gasteiger partial charge on any atom is 0.170 e. The normalized spacial score (nSPS) is 17.4. The molecular formula is C28H34N6. The number of amidine groups is 1. The highest BCUT2D eigenvalue weighted by atomic mass is 15.5. The van der Waals surface area contributed by atoms with E-state index in [2.05, 4.69) is 83.0 Å². The number of likely N-dealkylation sites (tertiary alicyclic amines) is 1. The molecule has 0 unspecified atom stereocenters. The van der Waals surface area contributed by atoms with E-state index in [0.29, 0.717) is 11.5 Å². The molecule has 2 heterocycles. The minimum Gasteiger partial charge on any atom is -0.371 e. The third-order valence-corrected chi connectivity index (χ3v) is 7.07. The van der Waals surface area contributed by atoms with E-state index in [1.165, 1.54) is 24.0 Å². The number of hydrogen-bond donors (Lipinski definition) is 1. The number of rotatable bonds is 6. The van der Waals surface area contributed by atoms with Crippen molar-refractivity contribution in [1.82, 2.24) is 15.3 Å². The molecule has 2 aromatic rings. The maximum atomic E-state index is 9.05. The van der Waals surface area contributed by atoms with Gasteiger partial charge < -0.3 is 10.3 Å². The van der Waals surface area contributed by atoms with Gasteiger partial charge in [0, 0.05) is 49.7 Å². The topological polar surface area (TPSA) is 67.0 Å². The summed E-state index contributed by atoms with van der Waals surface area (Å²) < 4.78 is 0. The van der Waals surface area contributed by atoms with Crippen LogP contribution in [0, 0.1) is 25.2 Å². The van der Waals surface area contributed by atoms with Crippen molar-refractivity contribution in [2.24, 2.45) is 10.2 Å². The number of aryl methyl sites for hydroxylation is 2. The van der Waals surface area contributed by atoms with Crippen molar-refractivity contribution in [1.29, 1.82) is 5.26 Å². The van der Waals surface area contributed by atoms with Crippen LogP contribution >= 0.6 is 0 Å². The number of benzene rings is 2. The summed E-state index contributed by atoms with van der Waals surface area (Å²) in [5.41, 5.74) is 11.1. The van der Waals surface area contributed by atoms with Gasteiger partial charge in [-0.15, -0.1) is 5.10 Å². The van der Waals surface area contributed by atoms with Gasteiger partial charge >= 0.3 is 0 Å². The molecule has 0 amide bonds. The van der Waals surface area contributed by atoms with E-state index in [1.807, 2.05) is 12.1 Å². The predicted molar refractivity (Wildman–Crippen MR) is 140 cm³/mol. The Morgan fingerprint density at radius 2 is 1.65 bits per heavy atom. The summed E-state index contributed by atoms with van der Waals surface area (Å²) in [4.78, 5) is 2.40. The van der Waals surface area contributed by atoms with Crippen LogP contribution in [0.2, 0.25) is 0 Å². The molecule has 1 N–H and O–H groups in total. The van der Waals surface area contributed by atoms with Gasteiger partial charge in [0.2, 0.25) is 0 Å². The van der Waals surface area contributed by atoms with E-state index in [-0.39, 0.29) is 0 Å². The molecule has 0 radical (unpaired) electrons. The lowest BCUT2D eigenvalue weighted by Gasteiger charge is -2.35. The Morgan fingerprint density at radius 1 is 1.00 bits per heavy atom. The van der Waals surface area contributed by atoms with Crippen molar-refractivity contribution in [2.45, 2.75) is 45.4 Å². The number of nitrogens with one attached hydrogen (secondary N) is 1. The molecule has 2 aliphatic heterocycles. The molecule has 0 aromatic heterocycles. The fourth-order valence-electron chi connectivity index (χ4n) is 5.09. The fourth-order valence-corrected chi connectivity index (χ4v) is 5.09. The molecule has 2 aromatic carbocycles. The molecule has 2 fully saturated rings. The molecule has 0 saturated carbocycles. The van der Waals surface area contributed by atoms with Crippen molar-refractivity contribution < 1.29 is 0 Å². The van der Waals surface area contributed by atoms with Crippen molar-refractivity contribution in [3.05, 3.63) is 76.4 Å². The lowest BCUT2D eigenvalue weighted by atomic mass is 9.88. The monoisotopic (exact) mass is 454 g/mol. The summed E-state index contributed by atoms with van der Waals surface area (Å²) in [6, 6.07) is 14.7. The Bertz CT molecular complexity index is 1110. The summed E-state index contributed by atoms with van der Waals surface area (Å²) in [6.45, 7) is 16.3. The first-order valence-corrected chi connectivity index (χ1v) is 12.1. The van der Waals surface area contributed by atoms with Gasteiger partial charge in [-0.2, -0.15) is 10.4 Å². The third-order valence-electron chi connectivity index (χ3n) is 7.07. The first-order valence-electron chi connectivity index (χ1n) is 12.1. The van der Waals surface area contributed by atoms with Gasteiger partial charge in [-0.1, -0.05) is 24.8 Å². The minimum absolute atomic E-state index is 0.522. The maximum absolute atomic E-state index is 9.05. The molecule has 0 bridgehead atoms. The first kappa shape index (κ1) is 23.7. The highest BCUT2D eigenvalue weighted by Gasteiger charge is 2.24. The fraction of sp³-hybridized carbons (Fsp3) is 0.393. The second-order valence-electron chi connectivity index (χ2n) is 9.32. The molecule has 0 aliphatic carbocycles. The smallest absolute Gasteiger partial charge is 0.170 e. The Kier molecular flexibility index (Phi) is 7.44. The highest BCUT2D eigenvalue weighted by Crippen LogP contribution is 2.33. The van der Waals surface area contributed by atoms with Crippen LogP contribution in [0.4, 0.5) is 0 Å². The van der Waals surface area contributed by atoms with Crippen LogP contribution in [0.25, 0.3) is 5.70 Å².